The van der Waals surface area contributed by atoms with Gasteiger partial charge in [0.1, 0.15) is 0 Å². The first-order chi connectivity index (χ1) is 8.60. The molecule has 1 spiro atoms. The lowest BCUT2D eigenvalue weighted by molar-refractivity contribution is -0.205. The van der Waals surface area contributed by atoms with Crippen molar-refractivity contribution in [3.05, 3.63) is 0 Å². The van der Waals surface area contributed by atoms with E-state index in [0.29, 0.717) is 19.3 Å². The highest BCUT2D eigenvalue weighted by atomic mass is 16.7. The summed E-state index contributed by atoms with van der Waals surface area (Å²) in [6.07, 6.45) is 3.46. The number of ether oxygens (including phenoxy) is 2. The van der Waals surface area contributed by atoms with Crippen LogP contribution in [0.2, 0.25) is 0 Å². The first-order valence-electron chi connectivity index (χ1n) is 7.31. The third-order valence-electron chi connectivity index (χ3n) is 4.86. The highest BCUT2D eigenvalue weighted by Crippen LogP contribution is 2.40. The smallest absolute Gasteiger partial charge is 0.170 e. The van der Waals surface area contributed by atoms with E-state index in [9.17, 15) is 5.11 Å². The summed E-state index contributed by atoms with van der Waals surface area (Å²) in [6, 6.07) is 0.771. The summed E-state index contributed by atoms with van der Waals surface area (Å²) < 4.78 is 11.6. The molecule has 0 bridgehead atoms. The van der Waals surface area contributed by atoms with Crippen LogP contribution in [0.4, 0.5) is 0 Å². The minimum atomic E-state index is -0.393. The van der Waals surface area contributed by atoms with Gasteiger partial charge in [0.15, 0.2) is 5.79 Å². The molecular weight excluding hydrogens is 230 g/mol. The molecule has 104 valence electrons. The van der Waals surface area contributed by atoms with E-state index in [1.807, 2.05) is 0 Å². The van der Waals surface area contributed by atoms with E-state index < -0.39 is 5.79 Å². The van der Waals surface area contributed by atoms with Gasteiger partial charge in [0.05, 0.1) is 19.3 Å². The van der Waals surface area contributed by atoms with Crippen LogP contribution < -0.4 is 0 Å². The second-order valence-corrected chi connectivity index (χ2v) is 6.37. The maximum Gasteiger partial charge on any atom is 0.170 e. The van der Waals surface area contributed by atoms with Gasteiger partial charge in [0.2, 0.25) is 0 Å². The van der Waals surface area contributed by atoms with E-state index in [1.54, 1.807) is 0 Å². The van der Waals surface area contributed by atoms with E-state index in [4.69, 9.17) is 9.47 Å². The highest BCUT2D eigenvalue weighted by Gasteiger charge is 2.48. The number of hydrogen-bond acceptors (Lipinski definition) is 4. The minimum Gasteiger partial charge on any atom is -0.391 e. The third kappa shape index (κ3) is 2.20. The van der Waals surface area contributed by atoms with Crippen molar-refractivity contribution >= 4 is 0 Å². The van der Waals surface area contributed by atoms with Crippen LogP contribution in [0.3, 0.4) is 0 Å². The van der Waals surface area contributed by atoms with Crippen molar-refractivity contribution in [1.82, 2.24) is 4.90 Å². The number of likely N-dealkylation sites (tertiary alicyclic amines) is 1. The molecule has 0 aromatic rings. The quantitative estimate of drug-likeness (QED) is 0.768. The van der Waals surface area contributed by atoms with E-state index in [1.165, 1.54) is 6.42 Å². The molecule has 4 atom stereocenters. The first-order valence-corrected chi connectivity index (χ1v) is 7.31. The average molecular weight is 255 g/mol. The SMILES string of the molecule is CC1CC(C)N(C2CC3(CCC2O)OCCO3)C1. The Morgan fingerprint density at radius 1 is 1.22 bits per heavy atom. The van der Waals surface area contributed by atoms with Crippen LogP contribution in [0.5, 0.6) is 0 Å². The summed E-state index contributed by atoms with van der Waals surface area (Å²) in [5, 5.41) is 10.3. The molecular formula is C14H25NO3. The van der Waals surface area contributed by atoms with E-state index in [-0.39, 0.29) is 12.1 Å². The Labute approximate surface area is 109 Å². The lowest BCUT2D eigenvalue weighted by atomic mass is 9.86. The molecule has 0 amide bonds. The summed E-state index contributed by atoms with van der Waals surface area (Å²) in [7, 11) is 0. The highest BCUT2D eigenvalue weighted by molar-refractivity contribution is 4.96. The van der Waals surface area contributed by atoms with E-state index in [2.05, 4.69) is 18.7 Å². The topological polar surface area (TPSA) is 41.9 Å². The fourth-order valence-electron chi connectivity index (χ4n) is 4.01. The standard InChI is InChI=1S/C14H25NO3/c1-10-7-11(2)15(9-10)12-8-14(4-3-13(12)16)17-5-6-18-14/h10-13,16H,3-9H2,1-2H3. The van der Waals surface area contributed by atoms with Gasteiger partial charge in [-0.05, 0) is 25.7 Å². The molecule has 18 heavy (non-hydrogen) atoms. The molecule has 3 rings (SSSR count). The van der Waals surface area contributed by atoms with Crippen molar-refractivity contribution in [2.24, 2.45) is 5.92 Å². The molecule has 4 unspecified atom stereocenters. The first kappa shape index (κ1) is 12.9. The Kier molecular flexibility index (Phi) is 3.39. The van der Waals surface area contributed by atoms with Gasteiger partial charge in [-0.25, -0.2) is 0 Å². The van der Waals surface area contributed by atoms with Crippen molar-refractivity contribution in [2.75, 3.05) is 19.8 Å². The molecule has 3 fully saturated rings. The van der Waals surface area contributed by atoms with Gasteiger partial charge in [0, 0.05) is 31.5 Å². The number of hydrogen-bond donors (Lipinski definition) is 1. The molecule has 4 heteroatoms. The van der Waals surface area contributed by atoms with Crippen LogP contribution in [0.15, 0.2) is 0 Å². The molecule has 4 nitrogen and oxygen atoms in total. The Morgan fingerprint density at radius 2 is 1.94 bits per heavy atom. The molecule has 2 heterocycles. The lowest BCUT2D eigenvalue weighted by Gasteiger charge is -2.44. The van der Waals surface area contributed by atoms with Crippen molar-refractivity contribution < 1.29 is 14.6 Å². The van der Waals surface area contributed by atoms with Crippen LogP contribution in [0.1, 0.15) is 39.5 Å². The van der Waals surface area contributed by atoms with Gasteiger partial charge >= 0.3 is 0 Å². The van der Waals surface area contributed by atoms with Gasteiger partial charge in [-0.15, -0.1) is 0 Å². The molecule has 3 aliphatic rings. The summed E-state index contributed by atoms with van der Waals surface area (Å²) in [4.78, 5) is 2.47. The molecule has 2 aliphatic heterocycles. The average Bonchev–Trinajstić information content (AvgIpc) is 2.90. The summed E-state index contributed by atoms with van der Waals surface area (Å²) in [5.74, 6) is 0.339. The van der Waals surface area contributed by atoms with Gasteiger partial charge in [-0.3, -0.25) is 4.90 Å². The van der Waals surface area contributed by atoms with Crippen molar-refractivity contribution in [3.8, 4) is 0 Å². The molecule has 0 radical (unpaired) electrons. The van der Waals surface area contributed by atoms with E-state index in [0.717, 1.165) is 31.7 Å². The Balaban J connectivity index is 1.73. The number of aliphatic hydroxyl groups is 1. The van der Waals surface area contributed by atoms with Gasteiger partial charge < -0.3 is 14.6 Å². The largest absolute Gasteiger partial charge is 0.391 e. The molecule has 0 aromatic carbocycles. The molecule has 1 N–H and O–H groups in total. The Bertz CT molecular complexity index is 303. The lowest BCUT2D eigenvalue weighted by Crippen LogP contribution is -2.54. The van der Waals surface area contributed by atoms with Crippen molar-refractivity contribution in [2.45, 2.75) is 63.5 Å². The monoisotopic (exact) mass is 255 g/mol. The maximum absolute atomic E-state index is 10.3. The molecule has 1 saturated carbocycles. The zero-order valence-electron chi connectivity index (χ0n) is 11.5. The fourth-order valence-corrected chi connectivity index (χ4v) is 4.01. The van der Waals surface area contributed by atoms with Gasteiger partial charge in [0.25, 0.3) is 0 Å². The second kappa shape index (κ2) is 4.75. The number of aliphatic hydroxyl groups excluding tert-OH is 1. The Hall–Kier alpha value is -0.160. The van der Waals surface area contributed by atoms with Crippen LogP contribution in [-0.4, -0.2) is 53.7 Å². The number of nitrogens with zero attached hydrogens (tertiary/aromatic N) is 1. The molecule has 0 aromatic heterocycles. The molecule has 1 aliphatic carbocycles. The van der Waals surface area contributed by atoms with Gasteiger partial charge in [-0.2, -0.15) is 0 Å². The maximum atomic E-state index is 10.3. The Morgan fingerprint density at radius 3 is 2.56 bits per heavy atom. The minimum absolute atomic E-state index is 0.205. The van der Waals surface area contributed by atoms with E-state index >= 15 is 0 Å². The number of rotatable bonds is 1. The zero-order valence-corrected chi connectivity index (χ0v) is 11.5. The zero-order chi connectivity index (χ0) is 12.8. The summed E-state index contributed by atoms with van der Waals surface area (Å²) in [6.45, 7) is 7.07. The van der Waals surface area contributed by atoms with Crippen molar-refractivity contribution in [3.63, 3.8) is 0 Å². The predicted molar refractivity (Wildman–Crippen MR) is 68.2 cm³/mol. The summed E-state index contributed by atoms with van der Waals surface area (Å²) in [5.41, 5.74) is 0. The fraction of sp³-hybridized carbons (Fsp3) is 1.00. The third-order valence-corrected chi connectivity index (χ3v) is 4.86. The summed E-state index contributed by atoms with van der Waals surface area (Å²) >= 11 is 0. The van der Waals surface area contributed by atoms with Crippen LogP contribution in [0, 0.1) is 5.92 Å². The predicted octanol–water partition coefficient (Wildman–Crippen LogP) is 1.37. The van der Waals surface area contributed by atoms with Crippen molar-refractivity contribution in [1.29, 1.82) is 0 Å². The van der Waals surface area contributed by atoms with Crippen LogP contribution >= 0.6 is 0 Å². The molecule has 2 saturated heterocycles. The normalized spacial score (nSPS) is 44.8. The van der Waals surface area contributed by atoms with Crippen LogP contribution in [-0.2, 0) is 9.47 Å². The van der Waals surface area contributed by atoms with Gasteiger partial charge in [-0.1, -0.05) is 6.92 Å². The second-order valence-electron chi connectivity index (χ2n) is 6.37. The van der Waals surface area contributed by atoms with Crippen LogP contribution in [0.25, 0.3) is 0 Å².